The maximum atomic E-state index is 13.6. The summed E-state index contributed by atoms with van der Waals surface area (Å²) in [7, 11) is 0. The molecule has 1 aliphatic heterocycles. The van der Waals surface area contributed by atoms with Crippen LogP contribution in [0.3, 0.4) is 0 Å². The van der Waals surface area contributed by atoms with E-state index in [1.165, 1.54) is 12.1 Å². The predicted molar refractivity (Wildman–Crippen MR) is 97.9 cm³/mol. The summed E-state index contributed by atoms with van der Waals surface area (Å²) in [6.45, 7) is 4.56. The molecule has 1 fully saturated rings. The van der Waals surface area contributed by atoms with Crippen LogP contribution < -0.4 is 0 Å². The second kappa shape index (κ2) is 8.41. The molecule has 0 saturated carbocycles. The van der Waals surface area contributed by atoms with E-state index in [9.17, 15) is 9.18 Å². The lowest BCUT2D eigenvalue weighted by Crippen LogP contribution is -2.46. The number of halogens is 1. The van der Waals surface area contributed by atoms with Crippen LogP contribution in [-0.4, -0.2) is 35.5 Å². The highest BCUT2D eigenvalue weighted by Crippen LogP contribution is 2.37. The average Bonchev–Trinajstić information content (AvgIpc) is 2.64. The van der Waals surface area contributed by atoms with E-state index in [1.54, 1.807) is 12.3 Å². The Balaban J connectivity index is 1.71. The number of carbonyl (C=O) groups is 1. The highest BCUT2D eigenvalue weighted by atomic mass is 19.1. The normalized spacial score (nSPS) is 17.0. The second-order valence-electron chi connectivity index (χ2n) is 6.90. The van der Waals surface area contributed by atoms with E-state index in [2.05, 4.69) is 9.88 Å². The van der Waals surface area contributed by atoms with Crippen molar-refractivity contribution >= 4 is 5.97 Å². The summed E-state index contributed by atoms with van der Waals surface area (Å²) in [5.41, 5.74) is 1.29. The number of carbonyl (C=O) groups excluding carboxylic acids is 1. The molecule has 3 rings (SSSR count). The molecule has 0 spiro atoms. The van der Waals surface area contributed by atoms with E-state index in [0.717, 1.165) is 30.9 Å². The number of benzene rings is 1. The third-order valence-corrected chi connectivity index (χ3v) is 5.06. The lowest BCUT2D eigenvalue weighted by atomic mass is 9.73. The van der Waals surface area contributed by atoms with Crippen LogP contribution in [0.4, 0.5) is 4.39 Å². The zero-order chi connectivity index (χ0) is 18.4. The maximum absolute atomic E-state index is 13.6. The number of likely N-dealkylation sites (tertiary alicyclic amines) is 1. The molecule has 0 radical (unpaired) electrons. The van der Waals surface area contributed by atoms with Gasteiger partial charge in [-0.3, -0.25) is 14.7 Å². The second-order valence-corrected chi connectivity index (χ2v) is 6.90. The van der Waals surface area contributed by atoms with Gasteiger partial charge >= 0.3 is 5.97 Å². The third kappa shape index (κ3) is 4.47. The first-order chi connectivity index (χ1) is 12.6. The molecule has 5 heteroatoms. The Labute approximate surface area is 154 Å². The highest BCUT2D eigenvalue weighted by molar-refractivity contribution is 5.77. The standard InChI is InChI=1S/C21H25FN2O2/c1-2-26-20(25)21(15-17-6-5-7-18(22)14-17)9-12-24(13-10-21)16-19-8-3-4-11-23-19/h3-8,11,14H,2,9-10,12-13,15-16H2,1H3. The van der Waals surface area contributed by atoms with Crippen molar-refractivity contribution in [1.29, 1.82) is 0 Å². The Bertz CT molecular complexity index is 728. The molecule has 138 valence electrons. The molecule has 0 aliphatic carbocycles. The van der Waals surface area contributed by atoms with Gasteiger partial charge in [0.05, 0.1) is 17.7 Å². The molecular formula is C21H25FN2O2. The Morgan fingerprint density at radius 1 is 1.23 bits per heavy atom. The molecule has 26 heavy (non-hydrogen) atoms. The first-order valence-electron chi connectivity index (χ1n) is 9.15. The number of esters is 1. The first kappa shape index (κ1) is 18.5. The summed E-state index contributed by atoms with van der Waals surface area (Å²) in [6, 6.07) is 12.4. The number of pyridine rings is 1. The minimum Gasteiger partial charge on any atom is -0.466 e. The Kier molecular flexibility index (Phi) is 5.99. The van der Waals surface area contributed by atoms with Crippen molar-refractivity contribution in [2.24, 2.45) is 5.41 Å². The summed E-state index contributed by atoms with van der Waals surface area (Å²) in [6.07, 6.45) is 3.72. The smallest absolute Gasteiger partial charge is 0.312 e. The van der Waals surface area contributed by atoms with Gasteiger partial charge in [-0.25, -0.2) is 4.39 Å². The average molecular weight is 356 g/mol. The number of ether oxygens (including phenoxy) is 1. The predicted octanol–water partition coefficient (Wildman–Crippen LogP) is 3.61. The molecule has 0 bridgehead atoms. The van der Waals surface area contributed by atoms with Gasteiger partial charge in [-0.15, -0.1) is 0 Å². The molecule has 0 amide bonds. The SMILES string of the molecule is CCOC(=O)C1(Cc2cccc(F)c2)CCN(Cc2ccccn2)CC1. The van der Waals surface area contributed by atoms with Gasteiger partial charge in [-0.2, -0.15) is 0 Å². The minimum atomic E-state index is -0.579. The van der Waals surface area contributed by atoms with Gasteiger partial charge < -0.3 is 4.74 Å². The summed E-state index contributed by atoms with van der Waals surface area (Å²) in [4.78, 5) is 19.4. The van der Waals surface area contributed by atoms with E-state index in [4.69, 9.17) is 4.74 Å². The van der Waals surface area contributed by atoms with Crippen LogP contribution in [0.25, 0.3) is 0 Å². The zero-order valence-electron chi connectivity index (χ0n) is 15.2. The summed E-state index contributed by atoms with van der Waals surface area (Å²) in [5, 5.41) is 0. The largest absolute Gasteiger partial charge is 0.466 e. The molecule has 0 unspecified atom stereocenters. The molecular weight excluding hydrogens is 331 g/mol. The van der Waals surface area contributed by atoms with Crippen LogP contribution in [0.2, 0.25) is 0 Å². The fourth-order valence-electron chi connectivity index (χ4n) is 3.63. The quantitative estimate of drug-likeness (QED) is 0.742. The Hall–Kier alpha value is -2.27. The lowest BCUT2D eigenvalue weighted by Gasteiger charge is -2.40. The number of piperidine rings is 1. The number of aromatic nitrogens is 1. The molecule has 0 atom stereocenters. The molecule has 4 nitrogen and oxygen atoms in total. The van der Waals surface area contributed by atoms with Crippen molar-refractivity contribution in [1.82, 2.24) is 9.88 Å². The Morgan fingerprint density at radius 2 is 2.04 bits per heavy atom. The van der Waals surface area contributed by atoms with Crippen LogP contribution in [0, 0.1) is 11.2 Å². The number of hydrogen-bond acceptors (Lipinski definition) is 4. The summed E-state index contributed by atoms with van der Waals surface area (Å²) < 4.78 is 18.9. The molecule has 1 aromatic heterocycles. The fourth-order valence-corrected chi connectivity index (χ4v) is 3.63. The number of hydrogen-bond donors (Lipinski definition) is 0. The van der Waals surface area contributed by atoms with Gasteiger partial charge in [-0.1, -0.05) is 18.2 Å². The van der Waals surface area contributed by atoms with Crippen LogP contribution in [-0.2, 0) is 22.5 Å². The monoisotopic (exact) mass is 356 g/mol. The highest BCUT2D eigenvalue weighted by Gasteiger charge is 2.42. The van der Waals surface area contributed by atoms with Gasteiger partial charge in [-0.05, 0) is 69.1 Å². The third-order valence-electron chi connectivity index (χ3n) is 5.06. The van der Waals surface area contributed by atoms with Gasteiger partial charge in [0.2, 0.25) is 0 Å². The van der Waals surface area contributed by atoms with Crippen molar-refractivity contribution in [2.45, 2.75) is 32.7 Å². The van der Waals surface area contributed by atoms with Crippen LogP contribution in [0.15, 0.2) is 48.7 Å². The maximum Gasteiger partial charge on any atom is 0.312 e. The van der Waals surface area contributed by atoms with Crippen molar-refractivity contribution in [3.05, 3.63) is 65.7 Å². The molecule has 2 aromatic rings. The van der Waals surface area contributed by atoms with Crippen molar-refractivity contribution in [3.8, 4) is 0 Å². The van der Waals surface area contributed by atoms with Crippen molar-refractivity contribution < 1.29 is 13.9 Å². The van der Waals surface area contributed by atoms with E-state index in [-0.39, 0.29) is 11.8 Å². The molecule has 2 heterocycles. The Morgan fingerprint density at radius 3 is 2.69 bits per heavy atom. The van der Waals surface area contributed by atoms with Crippen molar-refractivity contribution in [3.63, 3.8) is 0 Å². The van der Waals surface area contributed by atoms with Gasteiger partial charge in [0.15, 0.2) is 0 Å². The number of rotatable bonds is 6. The van der Waals surface area contributed by atoms with Crippen LogP contribution >= 0.6 is 0 Å². The van der Waals surface area contributed by atoms with E-state index >= 15 is 0 Å². The van der Waals surface area contributed by atoms with Crippen molar-refractivity contribution in [2.75, 3.05) is 19.7 Å². The van der Waals surface area contributed by atoms with Gasteiger partial charge in [0.1, 0.15) is 5.82 Å². The summed E-state index contributed by atoms with van der Waals surface area (Å²) >= 11 is 0. The minimum absolute atomic E-state index is 0.165. The first-order valence-corrected chi connectivity index (χ1v) is 9.15. The van der Waals surface area contributed by atoms with Crippen LogP contribution in [0.5, 0.6) is 0 Å². The van der Waals surface area contributed by atoms with Gasteiger partial charge in [0.25, 0.3) is 0 Å². The molecule has 1 aromatic carbocycles. The topological polar surface area (TPSA) is 42.4 Å². The van der Waals surface area contributed by atoms with E-state index < -0.39 is 5.41 Å². The number of nitrogens with zero attached hydrogens (tertiary/aromatic N) is 2. The van der Waals surface area contributed by atoms with Crippen LogP contribution in [0.1, 0.15) is 31.0 Å². The molecule has 0 N–H and O–H groups in total. The zero-order valence-corrected chi connectivity index (χ0v) is 15.2. The van der Waals surface area contributed by atoms with E-state index in [1.807, 2.05) is 31.2 Å². The molecule has 1 saturated heterocycles. The van der Waals surface area contributed by atoms with Gasteiger partial charge in [0, 0.05) is 12.7 Å². The molecule has 1 aliphatic rings. The fraction of sp³-hybridized carbons (Fsp3) is 0.429. The van der Waals surface area contributed by atoms with E-state index in [0.29, 0.717) is 25.9 Å². The summed E-state index contributed by atoms with van der Waals surface area (Å²) in [5.74, 6) is -0.434. The lowest BCUT2D eigenvalue weighted by molar-refractivity contribution is -0.158.